The second-order valence-electron chi connectivity index (χ2n) is 11.9. The third kappa shape index (κ3) is 14.9. The van der Waals surface area contributed by atoms with Crippen molar-refractivity contribution in [1.29, 1.82) is 0 Å². The van der Waals surface area contributed by atoms with E-state index in [1.807, 2.05) is 61.5 Å². The number of anilines is 4. The maximum absolute atomic E-state index is 4.89. The summed E-state index contributed by atoms with van der Waals surface area (Å²) in [5.41, 5.74) is 7.98. The van der Waals surface area contributed by atoms with E-state index in [1.54, 1.807) is 12.2 Å². The molecule has 0 aromatic heterocycles. The highest BCUT2D eigenvalue weighted by Gasteiger charge is 2.22. The van der Waals surface area contributed by atoms with Crippen molar-refractivity contribution in [3.8, 4) is 0 Å². The highest BCUT2D eigenvalue weighted by Crippen LogP contribution is 2.36. The fourth-order valence-corrected chi connectivity index (χ4v) is 4.48. The minimum atomic E-state index is -0.482. The summed E-state index contributed by atoms with van der Waals surface area (Å²) in [7, 11) is 0. The Kier molecular flexibility index (Phi) is 17.3. The number of rotatable bonds is 8. The average molecular weight is 641 g/mol. The van der Waals surface area contributed by atoms with E-state index in [4.69, 9.17) is 12.6 Å². The molecule has 3 heteroatoms. The van der Waals surface area contributed by atoms with Gasteiger partial charge in [-0.2, -0.15) is 0 Å². The van der Waals surface area contributed by atoms with Gasteiger partial charge in [0, 0.05) is 22.7 Å². The molecule has 0 fully saturated rings. The fourth-order valence-electron chi connectivity index (χ4n) is 4.20. The summed E-state index contributed by atoms with van der Waals surface area (Å²) < 4.78 is 0. The van der Waals surface area contributed by atoms with Gasteiger partial charge >= 0.3 is 0 Å². The van der Waals surface area contributed by atoms with Gasteiger partial charge in [0.25, 0.3) is 0 Å². The van der Waals surface area contributed by atoms with Gasteiger partial charge in [0.1, 0.15) is 4.87 Å². The first-order chi connectivity index (χ1) is 22.6. The zero-order valence-electron chi connectivity index (χ0n) is 29.0. The second kappa shape index (κ2) is 21.1. The summed E-state index contributed by atoms with van der Waals surface area (Å²) >= 11 is 4.89. The Morgan fingerprint density at radius 3 is 1.38 bits per heavy atom. The normalized spacial score (nSPS) is 11.5. The summed E-state index contributed by atoms with van der Waals surface area (Å²) in [6.07, 6.45) is 5.45. The Morgan fingerprint density at radius 1 is 0.660 bits per heavy atom. The molecule has 0 spiro atoms. The minimum absolute atomic E-state index is 0.482. The third-order valence-electron chi connectivity index (χ3n) is 6.52. The molecule has 1 atom stereocenters. The predicted molar refractivity (Wildman–Crippen MR) is 213 cm³/mol. The summed E-state index contributed by atoms with van der Waals surface area (Å²) in [6.45, 7) is 19.7. The molecule has 0 saturated carbocycles. The molecule has 0 aliphatic carbocycles. The molecule has 1 N–H and O–H groups in total. The van der Waals surface area contributed by atoms with Crippen molar-refractivity contribution in [1.82, 2.24) is 0 Å². The number of allylic oxidation sites excluding steroid dienone is 4. The number of aryl methyl sites for hydroxylation is 1. The van der Waals surface area contributed by atoms with Crippen LogP contribution in [0.25, 0.3) is 0 Å². The average Bonchev–Trinajstić information content (AvgIpc) is 3.07. The van der Waals surface area contributed by atoms with Crippen molar-refractivity contribution >= 4 is 35.4 Å². The number of benzene rings is 5. The van der Waals surface area contributed by atoms with Crippen LogP contribution in [0.5, 0.6) is 0 Å². The summed E-state index contributed by atoms with van der Waals surface area (Å²) in [6, 6.07) is 49.8. The molecule has 0 aliphatic heterocycles. The van der Waals surface area contributed by atoms with Gasteiger partial charge in [-0.05, 0) is 80.8 Å². The monoisotopic (exact) mass is 640 g/mol. The van der Waals surface area contributed by atoms with Crippen molar-refractivity contribution in [3.05, 3.63) is 194 Å². The van der Waals surface area contributed by atoms with Gasteiger partial charge in [0.2, 0.25) is 0 Å². The van der Waals surface area contributed by atoms with Gasteiger partial charge in [-0.1, -0.05) is 160 Å². The SMILES string of the molecule is C=C/C=C(/C)C=C.CC(C)C.CC(S)(Nc1ccccc1)c1ccc(N(c2ccccc2)c2ccccc2)cc1.Cc1ccccc1. The first-order valence-corrected chi connectivity index (χ1v) is 16.5. The lowest BCUT2D eigenvalue weighted by Gasteiger charge is -2.29. The van der Waals surface area contributed by atoms with Crippen LogP contribution in [0.3, 0.4) is 0 Å². The number of nitrogens with one attached hydrogen (secondary N) is 1. The van der Waals surface area contributed by atoms with Crippen LogP contribution in [0, 0.1) is 12.8 Å². The second-order valence-corrected chi connectivity index (χ2v) is 12.7. The zero-order chi connectivity index (χ0) is 34.5. The summed E-state index contributed by atoms with van der Waals surface area (Å²) in [4.78, 5) is 1.77. The lowest BCUT2D eigenvalue weighted by molar-refractivity contribution is 0.737. The Hall–Kier alpha value is -4.73. The largest absolute Gasteiger partial charge is 0.367 e. The molecule has 5 aromatic rings. The standard InChI is InChI=1S/C26H24N2S.C7H8.C7H10.C4H10/c1-26(29,27-22-11-5-2-6-12-22)21-17-19-25(20-18-21)28(23-13-7-3-8-14-23)24-15-9-4-10-16-24;1-7-5-3-2-4-6-7;1-4-6-7(3)5-2;1-4(2)3/h2-20,27,29H,1H3;2-6H,1H3;4-6H,1-2H2,3H3;4H,1-3H3/b;;7-6-;. The number of hydrogen-bond donors (Lipinski definition) is 2. The van der Waals surface area contributed by atoms with Crippen LogP contribution in [0.1, 0.15) is 45.7 Å². The predicted octanol–water partition coefficient (Wildman–Crippen LogP) is 13.3. The van der Waals surface area contributed by atoms with Crippen molar-refractivity contribution in [2.45, 2.75) is 46.4 Å². The summed E-state index contributed by atoms with van der Waals surface area (Å²) in [5.74, 6) is 0.833. The van der Waals surface area contributed by atoms with E-state index in [9.17, 15) is 0 Å². The molecule has 47 heavy (non-hydrogen) atoms. The van der Waals surface area contributed by atoms with Crippen LogP contribution in [-0.4, -0.2) is 0 Å². The van der Waals surface area contributed by atoms with Gasteiger partial charge in [0.15, 0.2) is 0 Å². The Labute approximate surface area is 290 Å². The number of thiol groups is 1. The van der Waals surface area contributed by atoms with E-state index >= 15 is 0 Å². The molecule has 2 nitrogen and oxygen atoms in total. The van der Waals surface area contributed by atoms with Crippen LogP contribution in [0.4, 0.5) is 22.7 Å². The lowest BCUT2D eigenvalue weighted by atomic mass is 10.1. The van der Waals surface area contributed by atoms with Crippen molar-refractivity contribution < 1.29 is 0 Å². The topological polar surface area (TPSA) is 15.3 Å². The van der Waals surface area contributed by atoms with Crippen molar-refractivity contribution in [2.24, 2.45) is 5.92 Å². The first kappa shape index (κ1) is 38.5. The highest BCUT2D eigenvalue weighted by atomic mass is 32.1. The fraction of sp³-hybridized carbons (Fsp3) is 0.182. The maximum Gasteiger partial charge on any atom is 0.103 e. The Bertz CT molecular complexity index is 1530. The van der Waals surface area contributed by atoms with Gasteiger partial charge in [-0.25, -0.2) is 0 Å². The molecule has 0 radical (unpaired) electrons. The molecular formula is C44H52N2S. The van der Waals surface area contributed by atoms with E-state index < -0.39 is 4.87 Å². The Morgan fingerprint density at radius 2 is 1.04 bits per heavy atom. The van der Waals surface area contributed by atoms with E-state index in [0.29, 0.717) is 0 Å². The third-order valence-corrected chi connectivity index (χ3v) is 6.89. The van der Waals surface area contributed by atoms with Crippen LogP contribution in [-0.2, 0) is 4.87 Å². The van der Waals surface area contributed by atoms with Gasteiger partial charge in [0.05, 0.1) is 0 Å². The first-order valence-electron chi connectivity index (χ1n) is 16.1. The van der Waals surface area contributed by atoms with Gasteiger partial charge in [-0.3, -0.25) is 0 Å². The number of hydrogen-bond acceptors (Lipinski definition) is 3. The van der Waals surface area contributed by atoms with E-state index in [-0.39, 0.29) is 0 Å². The van der Waals surface area contributed by atoms with E-state index in [2.05, 4.69) is 155 Å². The van der Waals surface area contributed by atoms with Crippen molar-refractivity contribution in [3.63, 3.8) is 0 Å². The maximum atomic E-state index is 4.89. The molecule has 5 rings (SSSR count). The number of para-hydroxylation sites is 3. The molecule has 0 aliphatic rings. The van der Waals surface area contributed by atoms with Gasteiger partial charge in [-0.15, -0.1) is 12.6 Å². The van der Waals surface area contributed by atoms with Crippen LogP contribution in [0.2, 0.25) is 0 Å². The Balaban J connectivity index is 0.000000348. The van der Waals surface area contributed by atoms with Gasteiger partial charge < -0.3 is 10.2 Å². The number of nitrogens with zero attached hydrogens (tertiary/aromatic N) is 1. The minimum Gasteiger partial charge on any atom is -0.367 e. The molecule has 0 saturated heterocycles. The molecule has 1 unspecified atom stereocenters. The molecular weight excluding hydrogens is 589 g/mol. The molecule has 0 heterocycles. The van der Waals surface area contributed by atoms with E-state index in [1.165, 1.54) is 5.56 Å². The van der Waals surface area contributed by atoms with Crippen molar-refractivity contribution in [2.75, 3.05) is 10.2 Å². The molecule has 5 aromatic carbocycles. The highest BCUT2D eigenvalue weighted by molar-refractivity contribution is 7.81. The molecule has 0 bridgehead atoms. The smallest absolute Gasteiger partial charge is 0.103 e. The van der Waals surface area contributed by atoms with Crippen LogP contribution in [0.15, 0.2) is 183 Å². The zero-order valence-corrected chi connectivity index (χ0v) is 29.9. The van der Waals surface area contributed by atoms with Crippen LogP contribution < -0.4 is 10.2 Å². The quantitative estimate of drug-likeness (QED) is 0.0996. The van der Waals surface area contributed by atoms with E-state index in [0.717, 1.165) is 39.8 Å². The lowest BCUT2D eigenvalue weighted by Crippen LogP contribution is -2.25. The molecule has 244 valence electrons. The molecule has 0 amide bonds. The van der Waals surface area contributed by atoms with Crippen LogP contribution >= 0.6 is 12.6 Å². The summed E-state index contributed by atoms with van der Waals surface area (Å²) in [5, 5.41) is 3.50.